The van der Waals surface area contributed by atoms with Crippen LogP contribution in [0.15, 0.2) is 91.0 Å². The van der Waals surface area contributed by atoms with E-state index < -0.39 is 59.2 Å². The average molecular weight is 789 g/mol. The first kappa shape index (κ1) is 39.3. The smallest absolute Gasteiger partial charge is 0.359 e. The van der Waals surface area contributed by atoms with Crippen molar-refractivity contribution in [3.8, 4) is 11.6 Å². The van der Waals surface area contributed by atoms with Crippen LogP contribution in [0, 0.1) is 0 Å². The number of ether oxygens (including phenoxy) is 1. The number of aromatic hydroxyl groups is 1. The Bertz CT molecular complexity index is 2180. The van der Waals surface area contributed by atoms with Gasteiger partial charge in [-0.05, 0) is 62.4 Å². The van der Waals surface area contributed by atoms with Gasteiger partial charge in [-0.2, -0.15) is 36.7 Å². The third-order valence-corrected chi connectivity index (χ3v) is 9.32. The van der Waals surface area contributed by atoms with Crippen molar-refractivity contribution in [2.24, 2.45) is 5.10 Å². The molecular formula is C27H24N4O16S4. The van der Waals surface area contributed by atoms with Gasteiger partial charge in [0, 0.05) is 9.79 Å². The minimum Gasteiger partial charge on any atom is -0.493 e. The Labute approximate surface area is 296 Å². The molecule has 4 rings (SSSR count). The first-order valence-electron chi connectivity index (χ1n) is 13.6. The van der Waals surface area contributed by atoms with Gasteiger partial charge in [0.05, 0.1) is 58.9 Å². The van der Waals surface area contributed by atoms with Gasteiger partial charge in [0.15, 0.2) is 5.69 Å². The van der Waals surface area contributed by atoms with Crippen molar-refractivity contribution in [3.63, 3.8) is 0 Å². The Morgan fingerprint density at radius 1 is 0.902 bits per heavy atom. The molecule has 0 radical (unpaired) electrons. The predicted molar refractivity (Wildman–Crippen MR) is 175 cm³/mol. The number of allylic oxidation sites excluding steroid dienone is 4. The lowest BCUT2D eigenvalue weighted by Crippen LogP contribution is -2.23. The van der Waals surface area contributed by atoms with Crippen LogP contribution in [0.2, 0.25) is 0 Å². The quantitative estimate of drug-likeness (QED) is 0.0276. The van der Waals surface area contributed by atoms with E-state index in [0.717, 1.165) is 29.3 Å². The van der Waals surface area contributed by atoms with Gasteiger partial charge < -0.3 is 9.84 Å². The highest BCUT2D eigenvalue weighted by Gasteiger charge is 2.33. The summed E-state index contributed by atoms with van der Waals surface area (Å²) in [6, 6.07) is 6.55. The largest absolute Gasteiger partial charge is 0.493 e. The van der Waals surface area contributed by atoms with Crippen LogP contribution in [0.5, 0.6) is 5.88 Å². The van der Waals surface area contributed by atoms with Gasteiger partial charge in [-0.1, -0.05) is 28.3 Å². The fourth-order valence-electron chi connectivity index (χ4n) is 4.31. The van der Waals surface area contributed by atoms with Crippen molar-refractivity contribution in [2.75, 3.05) is 11.6 Å². The summed E-state index contributed by atoms with van der Waals surface area (Å²) in [6.45, 7) is 2.88. The molecule has 3 aromatic rings. The van der Waals surface area contributed by atoms with E-state index in [0.29, 0.717) is 28.8 Å². The minimum absolute atomic E-state index is 0.00267. The summed E-state index contributed by atoms with van der Waals surface area (Å²) in [5, 5.41) is 43.8. The minimum atomic E-state index is -4.91. The number of carbonyl (C=O) groups excluding carboxylic acids is 2. The SMILES string of the molecule is CCOC(=O)c1nn(-c2cc(SOOO)ccc2S(=O)(=O)O)c(O)c1/C=C/C=C/C=C1/C(=O)N(c2cc(SOOO)ccc2S(=O)(=O)O)N=C1C. The van der Waals surface area contributed by atoms with E-state index in [2.05, 4.69) is 28.9 Å². The maximum atomic E-state index is 13.3. The Morgan fingerprint density at radius 3 is 2.02 bits per heavy atom. The van der Waals surface area contributed by atoms with Gasteiger partial charge in [0.1, 0.15) is 9.79 Å². The topological polar surface area (TPSA) is 283 Å². The zero-order chi connectivity index (χ0) is 37.5. The third-order valence-electron chi connectivity index (χ3n) is 6.37. The molecule has 1 aromatic heterocycles. The van der Waals surface area contributed by atoms with Crippen LogP contribution in [0.3, 0.4) is 0 Å². The molecule has 1 aliphatic rings. The number of hydrogen-bond acceptors (Lipinski definition) is 18. The van der Waals surface area contributed by atoms with Crippen LogP contribution in [-0.4, -0.2) is 75.5 Å². The summed E-state index contributed by atoms with van der Waals surface area (Å²) in [5.74, 6) is -2.55. The molecule has 2 aromatic carbocycles. The van der Waals surface area contributed by atoms with E-state index in [1.807, 2.05) is 0 Å². The van der Waals surface area contributed by atoms with Crippen LogP contribution >= 0.6 is 24.1 Å². The standard InChI is InChI=1S/C27H24N4O16S4/c1-3-43-27(34)24-19(26(33)31(29-24)21-14-17(49-47-45-36)10-12-23(21)51(40,41)42)8-6-4-5-7-18-15(2)28-30(25(18)32)20-13-16(48-46-44-35)9-11-22(20)50(37,38)39/h4-14,33,35-36H,3H2,1-2H3,(H,37,38,39)(H,40,41,42)/b5-4+,8-6+,18-7+. The van der Waals surface area contributed by atoms with Crippen molar-refractivity contribution in [1.82, 2.24) is 9.78 Å². The number of esters is 1. The number of rotatable bonds is 15. The molecule has 272 valence electrons. The summed E-state index contributed by atoms with van der Waals surface area (Å²) in [6.07, 6.45) is 6.56. The van der Waals surface area contributed by atoms with Crippen LogP contribution < -0.4 is 5.01 Å². The molecule has 0 bridgehead atoms. The lowest BCUT2D eigenvalue weighted by molar-refractivity contribution is -0.432. The number of aromatic nitrogens is 2. The molecule has 0 spiro atoms. The first-order valence-corrected chi connectivity index (χ1v) is 18.0. The fraction of sp³-hybridized carbons (Fsp3) is 0.111. The first-order chi connectivity index (χ1) is 24.1. The molecule has 2 heterocycles. The van der Waals surface area contributed by atoms with E-state index in [9.17, 15) is 40.6 Å². The monoisotopic (exact) mass is 788 g/mol. The van der Waals surface area contributed by atoms with Crippen molar-refractivity contribution in [1.29, 1.82) is 0 Å². The van der Waals surface area contributed by atoms with Crippen molar-refractivity contribution in [2.45, 2.75) is 33.4 Å². The maximum absolute atomic E-state index is 13.3. The van der Waals surface area contributed by atoms with Crippen molar-refractivity contribution in [3.05, 3.63) is 77.5 Å². The average Bonchev–Trinajstić information content (AvgIpc) is 3.55. The third kappa shape index (κ3) is 9.27. The highest BCUT2D eigenvalue weighted by molar-refractivity contribution is 7.94. The highest BCUT2D eigenvalue weighted by atomic mass is 32.2. The van der Waals surface area contributed by atoms with Crippen molar-refractivity contribution < 1.29 is 74.6 Å². The summed E-state index contributed by atoms with van der Waals surface area (Å²) < 4.78 is 82.1. The lowest BCUT2D eigenvalue weighted by Gasteiger charge is -2.16. The summed E-state index contributed by atoms with van der Waals surface area (Å²) >= 11 is 0.897. The van der Waals surface area contributed by atoms with Crippen LogP contribution in [0.1, 0.15) is 29.9 Å². The summed E-state index contributed by atoms with van der Waals surface area (Å²) in [7, 11) is -9.73. The molecule has 0 unspecified atom stereocenters. The molecule has 0 atom stereocenters. The Kier molecular flexibility index (Phi) is 12.9. The van der Waals surface area contributed by atoms with Crippen LogP contribution in [0.4, 0.5) is 5.69 Å². The molecule has 0 fully saturated rings. The second-order valence-electron chi connectivity index (χ2n) is 9.51. The molecule has 1 aliphatic heterocycles. The number of carbonyl (C=O) groups is 2. The van der Waals surface area contributed by atoms with Gasteiger partial charge in [0.25, 0.3) is 26.1 Å². The number of benzene rings is 2. The lowest BCUT2D eigenvalue weighted by atomic mass is 10.1. The van der Waals surface area contributed by atoms with Gasteiger partial charge in [-0.3, -0.25) is 13.9 Å². The zero-order valence-electron chi connectivity index (χ0n) is 25.7. The number of hydrogen-bond donors (Lipinski definition) is 5. The molecule has 0 aliphatic carbocycles. The molecule has 20 nitrogen and oxygen atoms in total. The van der Waals surface area contributed by atoms with E-state index in [-0.39, 0.29) is 38.9 Å². The fourth-order valence-corrected chi connectivity index (χ4v) is 6.39. The van der Waals surface area contributed by atoms with Gasteiger partial charge in [0.2, 0.25) is 5.88 Å². The number of amides is 1. The normalized spacial score (nSPS) is 14.7. The molecule has 0 saturated carbocycles. The van der Waals surface area contributed by atoms with E-state index >= 15 is 0 Å². The molecule has 24 heteroatoms. The Hall–Kier alpha value is -4.44. The number of hydrazone groups is 1. The Morgan fingerprint density at radius 2 is 1.47 bits per heavy atom. The molecule has 51 heavy (non-hydrogen) atoms. The predicted octanol–water partition coefficient (Wildman–Crippen LogP) is 4.02. The molecule has 0 saturated heterocycles. The number of nitrogens with zero attached hydrogens (tertiary/aromatic N) is 4. The second kappa shape index (κ2) is 16.7. The number of anilines is 1. The van der Waals surface area contributed by atoms with E-state index in [4.69, 9.17) is 15.3 Å². The van der Waals surface area contributed by atoms with Crippen molar-refractivity contribution >= 4 is 73.7 Å². The maximum Gasteiger partial charge on any atom is 0.359 e. The Balaban J connectivity index is 1.68. The second-order valence-corrected chi connectivity index (χ2v) is 13.8. The van der Waals surface area contributed by atoms with E-state index in [1.165, 1.54) is 56.4 Å². The molecular weight excluding hydrogens is 765 g/mol. The highest BCUT2D eigenvalue weighted by Crippen LogP contribution is 2.35. The summed E-state index contributed by atoms with van der Waals surface area (Å²) in [5.41, 5.74) is -1.31. The van der Waals surface area contributed by atoms with Gasteiger partial charge in [-0.15, -0.1) is 8.67 Å². The molecule has 1 amide bonds. The van der Waals surface area contributed by atoms with Gasteiger partial charge in [-0.25, -0.2) is 15.3 Å². The van der Waals surface area contributed by atoms with Crippen LogP contribution in [-0.2, 0) is 48.5 Å². The zero-order valence-corrected chi connectivity index (χ0v) is 29.0. The van der Waals surface area contributed by atoms with E-state index in [1.54, 1.807) is 0 Å². The van der Waals surface area contributed by atoms with Crippen LogP contribution in [0.25, 0.3) is 11.8 Å². The van der Waals surface area contributed by atoms with Gasteiger partial charge >= 0.3 is 5.97 Å². The molecule has 5 N–H and O–H groups in total. The summed E-state index contributed by atoms with van der Waals surface area (Å²) in [4.78, 5) is 24.9.